The second kappa shape index (κ2) is 9.53. The number of hydrazine groups is 1. The van der Waals surface area contributed by atoms with Crippen molar-refractivity contribution in [3.05, 3.63) is 29.8 Å². The molecule has 0 radical (unpaired) electrons. The average Bonchev–Trinajstić information content (AvgIpc) is 2.61. The van der Waals surface area contributed by atoms with Crippen LogP contribution in [-0.4, -0.2) is 62.5 Å². The van der Waals surface area contributed by atoms with E-state index in [9.17, 15) is 0 Å². The Balaban J connectivity index is 1.35. The molecule has 0 aromatic heterocycles. The highest BCUT2D eigenvalue weighted by Crippen LogP contribution is 2.20. The van der Waals surface area contributed by atoms with Crippen molar-refractivity contribution < 1.29 is 9.47 Å². The minimum atomic E-state index is 0.769. The smallest absolute Gasteiger partial charge is 0.119 e. The zero-order valence-corrected chi connectivity index (χ0v) is 15.7. The third-order valence-corrected chi connectivity index (χ3v) is 5.06. The van der Waals surface area contributed by atoms with E-state index in [1.807, 2.05) is 0 Å². The number of piperidine rings is 1. The standard InChI is InChI=1S/C20H33N3O2/c1-17-13-18(2)16-22(15-17)7-12-25-20-5-3-19(4-6-20)14-21-23-8-10-24-11-9-23/h3-6,17-18,21H,7-16H2,1-2H3/t17-,18-/m0/s1. The highest BCUT2D eigenvalue weighted by Gasteiger charge is 2.21. The first kappa shape index (κ1) is 18.6. The van der Waals surface area contributed by atoms with Gasteiger partial charge in [-0.2, -0.15) is 0 Å². The number of ether oxygens (including phenoxy) is 2. The predicted molar refractivity (Wildman–Crippen MR) is 101 cm³/mol. The fourth-order valence-electron chi connectivity index (χ4n) is 3.90. The van der Waals surface area contributed by atoms with Crippen molar-refractivity contribution >= 4 is 0 Å². The molecule has 2 aliphatic heterocycles. The molecule has 5 heteroatoms. The molecule has 1 aromatic carbocycles. The van der Waals surface area contributed by atoms with Gasteiger partial charge in [-0.1, -0.05) is 26.0 Å². The van der Waals surface area contributed by atoms with E-state index >= 15 is 0 Å². The minimum Gasteiger partial charge on any atom is -0.492 e. The number of rotatable bonds is 7. The quantitative estimate of drug-likeness (QED) is 0.820. The average molecular weight is 348 g/mol. The third-order valence-electron chi connectivity index (χ3n) is 5.06. The number of likely N-dealkylation sites (tertiary alicyclic amines) is 1. The summed E-state index contributed by atoms with van der Waals surface area (Å²) in [5.41, 5.74) is 4.73. The maximum absolute atomic E-state index is 5.94. The molecule has 2 atom stereocenters. The lowest BCUT2D eigenvalue weighted by atomic mass is 9.92. The Kier molecular flexibility index (Phi) is 7.11. The van der Waals surface area contributed by atoms with E-state index in [0.717, 1.165) is 63.6 Å². The Labute approximate surface area is 152 Å². The number of benzene rings is 1. The number of nitrogens with zero attached hydrogens (tertiary/aromatic N) is 2. The van der Waals surface area contributed by atoms with E-state index in [2.05, 4.69) is 53.4 Å². The second-order valence-corrected chi connectivity index (χ2v) is 7.63. The van der Waals surface area contributed by atoms with Crippen LogP contribution in [0.4, 0.5) is 0 Å². The van der Waals surface area contributed by atoms with Gasteiger partial charge < -0.3 is 9.47 Å². The summed E-state index contributed by atoms with van der Waals surface area (Å²) in [6.07, 6.45) is 1.36. The molecule has 1 N–H and O–H groups in total. The van der Waals surface area contributed by atoms with Crippen LogP contribution in [-0.2, 0) is 11.3 Å². The summed E-state index contributed by atoms with van der Waals surface area (Å²) in [4.78, 5) is 2.54. The van der Waals surface area contributed by atoms with Crippen LogP contribution in [0.15, 0.2) is 24.3 Å². The van der Waals surface area contributed by atoms with Crippen LogP contribution in [0.25, 0.3) is 0 Å². The monoisotopic (exact) mass is 347 g/mol. The first-order chi connectivity index (χ1) is 12.2. The van der Waals surface area contributed by atoms with Crippen molar-refractivity contribution in [2.24, 2.45) is 11.8 Å². The SMILES string of the molecule is C[C@H]1C[C@H](C)CN(CCOc2ccc(CNN3CCOCC3)cc2)C1. The largest absolute Gasteiger partial charge is 0.492 e. The van der Waals surface area contributed by atoms with E-state index in [-0.39, 0.29) is 0 Å². The predicted octanol–water partition coefficient (Wildman–Crippen LogP) is 2.38. The summed E-state index contributed by atoms with van der Waals surface area (Å²) in [5, 5.41) is 2.23. The first-order valence-corrected chi connectivity index (χ1v) is 9.69. The van der Waals surface area contributed by atoms with Gasteiger partial charge in [0.15, 0.2) is 0 Å². The molecule has 140 valence electrons. The van der Waals surface area contributed by atoms with Crippen molar-refractivity contribution in [1.29, 1.82) is 0 Å². The van der Waals surface area contributed by atoms with Gasteiger partial charge in [-0.15, -0.1) is 0 Å². The van der Waals surface area contributed by atoms with Gasteiger partial charge in [0.05, 0.1) is 13.2 Å². The van der Waals surface area contributed by atoms with Gasteiger partial charge in [-0.05, 0) is 36.0 Å². The lowest BCUT2D eigenvalue weighted by Gasteiger charge is -2.34. The molecule has 0 unspecified atom stereocenters. The Morgan fingerprint density at radius 1 is 1.08 bits per heavy atom. The maximum atomic E-state index is 5.94. The Hall–Kier alpha value is -1.14. The van der Waals surface area contributed by atoms with Gasteiger partial charge >= 0.3 is 0 Å². The zero-order chi connectivity index (χ0) is 17.5. The molecule has 3 rings (SSSR count). The summed E-state index contributed by atoms with van der Waals surface area (Å²) in [6.45, 7) is 13.3. The van der Waals surface area contributed by atoms with Crippen LogP contribution in [0.2, 0.25) is 0 Å². The van der Waals surface area contributed by atoms with Gasteiger partial charge in [-0.3, -0.25) is 10.3 Å². The van der Waals surface area contributed by atoms with Crippen molar-refractivity contribution in [3.8, 4) is 5.75 Å². The third kappa shape index (κ3) is 6.26. The molecule has 2 saturated heterocycles. The van der Waals surface area contributed by atoms with Gasteiger partial charge in [0.25, 0.3) is 0 Å². The van der Waals surface area contributed by atoms with Crippen molar-refractivity contribution in [1.82, 2.24) is 15.3 Å². The lowest BCUT2D eigenvalue weighted by molar-refractivity contribution is 0.0106. The molecule has 1 aromatic rings. The minimum absolute atomic E-state index is 0.769. The summed E-state index contributed by atoms with van der Waals surface area (Å²) < 4.78 is 11.3. The zero-order valence-electron chi connectivity index (χ0n) is 15.7. The molecule has 2 aliphatic rings. The Morgan fingerprint density at radius 3 is 2.44 bits per heavy atom. The number of morpholine rings is 1. The van der Waals surface area contributed by atoms with E-state index < -0.39 is 0 Å². The molecule has 5 nitrogen and oxygen atoms in total. The van der Waals surface area contributed by atoms with Crippen LogP contribution in [0.1, 0.15) is 25.8 Å². The summed E-state index contributed by atoms with van der Waals surface area (Å²) in [7, 11) is 0. The Morgan fingerprint density at radius 2 is 1.76 bits per heavy atom. The molecule has 2 heterocycles. The molecular weight excluding hydrogens is 314 g/mol. The molecule has 0 aliphatic carbocycles. The number of hydrogen-bond acceptors (Lipinski definition) is 5. The second-order valence-electron chi connectivity index (χ2n) is 7.63. The molecule has 25 heavy (non-hydrogen) atoms. The van der Waals surface area contributed by atoms with Crippen molar-refractivity contribution in [2.45, 2.75) is 26.8 Å². The fourth-order valence-corrected chi connectivity index (χ4v) is 3.90. The van der Waals surface area contributed by atoms with Crippen LogP contribution >= 0.6 is 0 Å². The molecule has 0 saturated carbocycles. The van der Waals surface area contributed by atoms with Crippen molar-refractivity contribution in [3.63, 3.8) is 0 Å². The summed E-state index contributed by atoms with van der Waals surface area (Å²) >= 11 is 0. The molecular formula is C20H33N3O2. The fraction of sp³-hybridized carbons (Fsp3) is 0.700. The van der Waals surface area contributed by atoms with E-state index in [4.69, 9.17) is 9.47 Å². The Bertz CT molecular complexity index is 492. The number of nitrogens with one attached hydrogen (secondary N) is 1. The van der Waals surface area contributed by atoms with Crippen LogP contribution in [0, 0.1) is 11.8 Å². The normalized spacial score (nSPS) is 25.8. The van der Waals surface area contributed by atoms with E-state index in [1.165, 1.54) is 25.1 Å². The van der Waals surface area contributed by atoms with E-state index in [0.29, 0.717) is 0 Å². The summed E-state index contributed by atoms with van der Waals surface area (Å²) in [5.74, 6) is 2.58. The molecule has 2 fully saturated rings. The van der Waals surface area contributed by atoms with Crippen LogP contribution in [0.3, 0.4) is 0 Å². The first-order valence-electron chi connectivity index (χ1n) is 9.69. The van der Waals surface area contributed by atoms with E-state index in [1.54, 1.807) is 0 Å². The summed E-state index contributed by atoms with van der Waals surface area (Å²) in [6, 6.07) is 8.46. The molecule has 0 spiro atoms. The number of hydrogen-bond donors (Lipinski definition) is 1. The van der Waals surface area contributed by atoms with Crippen LogP contribution in [0.5, 0.6) is 5.75 Å². The van der Waals surface area contributed by atoms with Gasteiger partial charge in [0.2, 0.25) is 0 Å². The lowest BCUT2D eigenvalue weighted by Crippen LogP contribution is -2.45. The van der Waals surface area contributed by atoms with Gasteiger partial charge in [-0.25, -0.2) is 5.01 Å². The highest BCUT2D eigenvalue weighted by atomic mass is 16.5. The van der Waals surface area contributed by atoms with Crippen molar-refractivity contribution in [2.75, 3.05) is 52.5 Å². The van der Waals surface area contributed by atoms with Gasteiger partial charge in [0, 0.05) is 39.3 Å². The molecule has 0 amide bonds. The van der Waals surface area contributed by atoms with Gasteiger partial charge in [0.1, 0.15) is 12.4 Å². The maximum Gasteiger partial charge on any atom is 0.119 e. The highest BCUT2D eigenvalue weighted by molar-refractivity contribution is 5.27. The topological polar surface area (TPSA) is 37.0 Å². The van der Waals surface area contributed by atoms with Crippen LogP contribution < -0.4 is 10.2 Å². The molecule has 0 bridgehead atoms.